The van der Waals surface area contributed by atoms with Gasteiger partial charge >= 0.3 is 13.3 Å². The van der Waals surface area contributed by atoms with E-state index >= 15 is 0 Å². The van der Waals surface area contributed by atoms with Crippen molar-refractivity contribution in [3.05, 3.63) is 23.8 Å². The van der Waals surface area contributed by atoms with Crippen LogP contribution in [0.25, 0.3) is 0 Å². The van der Waals surface area contributed by atoms with Crippen LogP contribution in [0.4, 0.5) is 13.2 Å². The molecule has 0 radical (unpaired) electrons. The lowest BCUT2D eigenvalue weighted by atomic mass is 9.75. The Morgan fingerprint density at radius 2 is 1.87 bits per heavy atom. The van der Waals surface area contributed by atoms with Crippen molar-refractivity contribution in [2.75, 3.05) is 20.2 Å². The SMILES string of the molecule is COc1ccc(B2OC(C)(C)C(C)(C)O2)c(CC(=O)N2CCCC(C(F)(F)F)C2)c1. The van der Waals surface area contributed by atoms with E-state index < -0.39 is 30.4 Å². The first-order chi connectivity index (χ1) is 13.8. The highest BCUT2D eigenvalue weighted by atomic mass is 19.4. The number of carbonyl (C=O) groups excluding carboxylic acids is 1. The molecule has 0 bridgehead atoms. The van der Waals surface area contributed by atoms with Gasteiger partial charge in [-0.15, -0.1) is 0 Å². The maximum absolute atomic E-state index is 13.1. The second kappa shape index (κ2) is 8.07. The molecule has 0 aliphatic carbocycles. The quantitative estimate of drug-likeness (QED) is 0.692. The van der Waals surface area contributed by atoms with Crippen molar-refractivity contribution in [3.63, 3.8) is 0 Å². The molecule has 0 aromatic heterocycles. The standard InChI is InChI=1S/C21H29BF3NO4/c1-19(2)20(3,4)30-22(29-19)17-9-8-16(28-5)11-14(17)12-18(27)26-10-6-7-15(13-26)21(23,24)25/h8-9,11,15H,6-7,10,12-13H2,1-5H3. The Labute approximate surface area is 176 Å². The van der Waals surface area contributed by atoms with Gasteiger partial charge in [-0.25, -0.2) is 0 Å². The highest BCUT2D eigenvalue weighted by molar-refractivity contribution is 6.62. The van der Waals surface area contributed by atoms with Gasteiger partial charge in [0, 0.05) is 13.1 Å². The summed E-state index contributed by atoms with van der Waals surface area (Å²) in [6.45, 7) is 7.79. The minimum absolute atomic E-state index is 0.0405. The van der Waals surface area contributed by atoms with E-state index in [-0.39, 0.29) is 25.3 Å². The zero-order valence-electron chi connectivity index (χ0n) is 18.1. The van der Waals surface area contributed by atoms with Crippen molar-refractivity contribution < 1.29 is 32.0 Å². The van der Waals surface area contributed by atoms with E-state index in [0.717, 1.165) is 0 Å². The summed E-state index contributed by atoms with van der Waals surface area (Å²) < 4.78 is 56.9. The van der Waals surface area contributed by atoms with Crippen molar-refractivity contribution in [2.24, 2.45) is 5.92 Å². The van der Waals surface area contributed by atoms with Gasteiger partial charge in [-0.05, 0) is 63.7 Å². The molecule has 2 aliphatic heterocycles. The smallest absolute Gasteiger partial charge is 0.495 e. The zero-order valence-corrected chi connectivity index (χ0v) is 18.1. The van der Waals surface area contributed by atoms with Gasteiger partial charge in [-0.2, -0.15) is 13.2 Å². The van der Waals surface area contributed by atoms with Gasteiger partial charge in [0.15, 0.2) is 0 Å². The fourth-order valence-electron chi connectivity index (χ4n) is 3.81. The van der Waals surface area contributed by atoms with Crippen molar-refractivity contribution in [1.82, 2.24) is 4.90 Å². The third-order valence-electron chi connectivity index (χ3n) is 6.44. The summed E-state index contributed by atoms with van der Waals surface area (Å²) in [5.41, 5.74) is 0.219. The number of hydrogen-bond donors (Lipinski definition) is 0. The van der Waals surface area contributed by atoms with Crippen LogP contribution in [0.1, 0.15) is 46.1 Å². The van der Waals surface area contributed by atoms with Gasteiger partial charge < -0.3 is 18.9 Å². The molecule has 1 aromatic rings. The first-order valence-electron chi connectivity index (χ1n) is 10.2. The summed E-state index contributed by atoms with van der Waals surface area (Å²) in [6, 6.07) is 5.27. The number of halogens is 3. The molecular weight excluding hydrogens is 398 g/mol. The lowest BCUT2D eigenvalue weighted by molar-refractivity contribution is -0.187. The topological polar surface area (TPSA) is 48.0 Å². The second-order valence-electron chi connectivity index (χ2n) is 9.05. The Balaban J connectivity index is 1.82. The van der Waals surface area contributed by atoms with Crippen LogP contribution in [0.15, 0.2) is 18.2 Å². The molecule has 1 amide bonds. The summed E-state index contributed by atoms with van der Waals surface area (Å²) in [5, 5.41) is 0. The molecule has 1 unspecified atom stereocenters. The predicted molar refractivity (Wildman–Crippen MR) is 108 cm³/mol. The molecule has 3 rings (SSSR count). The van der Waals surface area contributed by atoms with E-state index in [0.29, 0.717) is 29.7 Å². The number of carbonyl (C=O) groups is 1. The van der Waals surface area contributed by atoms with Crippen molar-refractivity contribution in [1.29, 1.82) is 0 Å². The van der Waals surface area contributed by atoms with Gasteiger partial charge in [0.1, 0.15) is 5.75 Å². The molecule has 2 heterocycles. The predicted octanol–water partition coefficient (Wildman–Crippen LogP) is 3.34. The lowest BCUT2D eigenvalue weighted by Crippen LogP contribution is -2.46. The molecule has 2 fully saturated rings. The van der Waals surface area contributed by atoms with Crippen LogP contribution in [0.5, 0.6) is 5.75 Å². The Bertz CT molecular complexity index is 781. The first-order valence-corrected chi connectivity index (χ1v) is 10.2. The van der Waals surface area contributed by atoms with Crippen molar-refractivity contribution in [3.8, 4) is 5.75 Å². The van der Waals surface area contributed by atoms with E-state index in [2.05, 4.69) is 0 Å². The van der Waals surface area contributed by atoms with E-state index in [9.17, 15) is 18.0 Å². The number of alkyl halides is 3. The third kappa shape index (κ3) is 4.62. The van der Waals surface area contributed by atoms with Gasteiger partial charge in [0.25, 0.3) is 0 Å². The van der Waals surface area contributed by atoms with Gasteiger partial charge in [0.05, 0.1) is 30.7 Å². The normalized spacial score (nSPS) is 23.5. The van der Waals surface area contributed by atoms with Crippen LogP contribution in [0.3, 0.4) is 0 Å². The second-order valence-corrected chi connectivity index (χ2v) is 9.05. The minimum atomic E-state index is -4.29. The average Bonchev–Trinajstić information content (AvgIpc) is 2.88. The zero-order chi connectivity index (χ0) is 22.3. The molecule has 1 atom stereocenters. The monoisotopic (exact) mass is 427 g/mol. The summed E-state index contributed by atoms with van der Waals surface area (Å²) in [4.78, 5) is 14.2. The average molecular weight is 427 g/mol. The lowest BCUT2D eigenvalue weighted by Gasteiger charge is -2.34. The summed E-state index contributed by atoms with van der Waals surface area (Å²) in [6.07, 6.45) is -3.92. The van der Waals surface area contributed by atoms with Crippen molar-refractivity contribution >= 4 is 18.5 Å². The maximum Gasteiger partial charge on any atom is 0.495 e. The number of benzene rings is 1. The maximum atomic E-state index is 13.1. The first kappa shape index (κ1) is 22.9. The minimum Gasteiger partial charge on any atom is -0.497 e. The molecular formula is C21H29BF3NO4. The molecule has 2 saturated heterocycles. The van der Waals surface area contributed by atoms with Crippen LogP contribution < -0.4 is 10.2 Å². The third-order valence-corrected chi connectivity index (χ3v) is 6.44. The molecule has 0 N–H and O–H groups in total. The number of methoxy groups -OCH3 is 1. The van der Waals surface area contributed by atoms with E-state index in [4.69, 9.17) is 14.0 Å². The molecule has 9 heteroatoms. The number of rotatable bonds is 4. The van der Waals surface area contributed by atoms with Crippen LogP contribution in [0.2, 0.25) is 0 Å². The molecule has 5 nitrogen and oxygen atoms in total. The highest BCUT2D eigenvalue weighted by Crippen LogP contribution is 2.37. The Morgan fingerprint density at radius 3 is 2.43 bits per heavy atom. The van der Waals surface area contributed by atoms with Gasteiger partial charge in [-0.3, -0.25) is 4.79 Å². The summed E-state index contributed by atoms with van der Waals surface area (Å²) in [5.74, 6) is -1.25. The molecule has 2 aliphatic rings. The molecule has 166 valence electrons. The fourth-order valence-corrected chi connectivity index (χ4v) is 3.81. The van der Waals surface area contributed by atoms with Crippen LogP contribution in [0, 0.1) is 5.92 Å². The molecule has 30 heavy (non-hydrogen) atoms. The van der Waals surface area contributed by atoms with Gasteiger partial charge in [-0.1, -0.05) is 6.07 Å². The fraction of sp³-hybridized carbons (Fsp3) is 0.667. The van der Waals surface area contributed by atoms with E-state index in [1.807, 2.05) is 27.7 Å². The summed E-state index contributed by atoms with van der Waals surface area (Å²) >= 11 is 0. The number of nitrogens with zero attached hydrogens (tertiary/aromatic N) is 1. The van der Waals surface area contributed by atoms with Crippen molar-refractivity contribution in [2.45, 2.75) is 64.3 Å². The highest BCUT2D eigenvalue weighted by Gasteiger charge is 2.52. The number of likely N-dealkylation sites (tertiary alicyclic amines) is 1. The Hall–Kier alpha value is -1.74. The van der Waals surface area contributed by atoms with Gasteiger partial charge in [0.2, 0.25) is 5.91 Å². The Morgan fingerprint density at radius 1 is 1.23 bits per heavy atom. The summed E-state index contributed by atoms with van der Waals surface area (Å²) in [7, 11) is 0.849. The Kier molecular flexibility index (Phi) is 6.17. The van der Waals surface area contributed by atoms with Crippen LogP contribution >= 0.6 is 0 Å². The number of piperidine rings is 1. The number of amides is 1. The van der Waals surface area contributed by atoms with E-state index in [1.165, 1.54) is 12.0 Å². The number of hydrogen-bond acceptors (Lipinski definition) is 4. The largest absolute Gasteiger partial charge is 0.497 e. The van der Waals surface area contributed by atoms with E-state index in [1.54, 1.807) is 18.2 Å². The van der Waals surface area contributed by atoms with Crippen LogP contribution in [-0.2, 0) is 20.5 Å². The molecule has 1 aromatic carbocycles. The molecule has 0 spiro atoms. The number of ether oxygens (including phenoxy) is 1. The molecule has 0 saturated carbocycles. The van der Waals surface area contributed by atoms with Crippen LogP contribution in [-0.4, -0.2) is 55.5 Å².